The number of carboxylic acids is 1. The van der Waals surface area contributed by atoms with Crippen LogP contribution in [-0.4, -0.2) is 82.2 Å². The molecule has 3 amide bonds. The minimum atomic E-state index is -1.21. The fourth-order valence-electron chi connectivity index (χ4n) is 3.67. The molecular formula is C22H32N4O5S2. The number of likely N-dealkylation sites (tertiary alicyclic amines) is 1. The third-order valence-electron chi connectivity index (χ3n) is 5.50. The van der Waals surface area contributed by atoms with Gasteiger partial charge in [0, 0.05) is 18.7 Å². The van der Waals surface area contributed by atoms with Gasteiger partial charge in [-0.05, 0) is 36.8 Å². The van der Waals surface area contributed by atoms with E-state index in [1.54, 1.807) is 11.8 Å². The molecule has 1 aromatic rings. The summed E-state index contributed by atoms with van der Waals surface area (Å²) in [5.74, 6) is -1.91. The van der Waals surface area contributed by atoms with Gasteiger partial charge in [0.1, 0.15) is 18.1 Å². The maximum atomic E-state index is 13.1. The van der Waals surface area contributed by atoms with Crippen molar-refractivity contribution in [3.8, 4) is 0 Å². The van der Waals surface area contributed by atoms with Crippen molar-refractivity contribution in [3.63, 3.8) is 0 Å². The molecule has 1 aromatic carbocycles. The zero-order valence-electron chi connectivity index (χ0n) is 18.6. The number of nitrogens with two attached hydrogens (primary N) is 1. The van der Waals surface area contributed by atoms with Gasteiger partial charge in [-0.15, -0.1) is 0 Å². The quantitative estimate of drug-likeness (QED) is 0.262. The molecule has 11 heteroatoms. The summed E-state index contributed by atoms with van der Waals surface area (Å²) in [6.07, 6.45) is 3.76. The molecule has 1 saturated heterocycles. The molecule has 2 rings (SSSR count). The van der Waals surface area contributed by atoms with Gasteiger partial charge >= 0.3 is 5.97 Å². The number of hydrogen-bond donors (Lipinski definition) is 5. The van der Waals surface area contributed by atoms with E-state index in [-0.39, 0.29) is 18.1 Å². The van der Waals surface area contributed by atoms with E-state index in [4.69, 9.17) is 5.73 Å². The number of hydrogen-bond acceptors (Lipinski definition) is 7. The van der Waals surface area contributed by atoms with Crippen LogP contribution in [0.25, 0.3) is 0 Å². The second-order valence-electron chi connectivity index (χ2n) is 7.91. The van der Waals surface area contributed by atoms with Crippen molar-refractivity contribution in [2.24, 2.45) is 5.73 Å². The highest BCUT2D eigenvalue weighted by atomic mass is 32.2. The number of benzene rings is 1. The zero-order chi connectivity index (χ0) is 24.4. The SMILES string of the molecule is CSCCC(N)C(=O)N1CCCC1C(=O)NC(Cc1ccccc1)C(=O)NC(CS)C(=O)O. The number of nitrogens with one attached hydrogen (secondary N) is 2. The molecule has 5 N–H and O–H groups in total. The number of thiol groups is 1. The lowest BCUT2D eigenvalue weighted by Gasteiger charge is -2.28. The van der Waals surface area contributed by atoms with E-state index in [9.17, 15) is 24.3 Å². The van der Waals surface area contributed by atoms with E-state index < -0.39 is 42.0 Å². The van der Waals surface area contributed by atoms with E-state index in [0.29, 0.717) is 25.8 Å². The van der Waals surface area contributed by atoms with Crippen molar-refractivity contribution in [1.82, 2.24) is 15.5 Å². The number of carboxylic acid groups (broad SMARTS) is 1. The van der Waals surface area contributed by atoms with Crippen LogP contribution in [-0.2, 0) is 25.6 Å². The van der Waals surface area contributed by atoms with Gasteiger partial charge in [0.25, 0.3) is 0 Å². The van der Waals surface area contributed by atoms with Crippen molar-refractivity contribution in [3.05, 3.63) is 35.9 Å². The lowest BCUT2D eigenvalue weighted by molar-refractivity contribution is -0.142. The lowest BCUT2D eigenvalue weighted by atomic mass is 10.0. The first-order valence-electron chi connectivity index (χ1n) is 10.8. The van der Waals surface area contributed by atoms with Crippen LogP contribution in [0, 0.1) is 0 Å². The molecule has 0 saturated carbocycles. The highest BCUT2D eigenvalue weighted by Gasteiger charge is 2.37. The van der Waals surface area contributed by atoms with Crippen molar-refractivity contribution in [2.75, 3.05) is 24.3 Å². The predicted molar refractivity (Wildman–Crippen MR) is 131 cm³/mol. The summed E-state index contributed by atoms with van der Waals surface area (Å²) < 4.78 is 0. The molecule has 0 aromatic heterocycles. The molecule has 9 nitrogen and oxygen atoms in total. The van der Waals surface area contributed by atoms with Gasteiger partial charge in [-0.25, -0.2) is 4.79 Å². The molecule has 1 fully saturated rings. The standard InChI is InChI=1S/C22H32N4O5S2/c1-33-11-9-15(23)21(29)26-10-5-8-18(26)20(28)24-16(12-14-6-3-2-4-7-14)19(27)25-17(13-32)22(30)31/h2-4,6-7,15-18,32H,5,8-13,23H2,1H3,(H,24,28)(H,25,27)(H,30,31). The molecule has 4 unspecified atom stereocenters. The Labute approximate surface area is 203 Å². The van der Waals surface area contributed by atoms with Crippen LogP contribution in [0.15, 0.2) is 30.3 Å². The molecule has 1 aliphatic heterocycles. The molecule has 182 valence electrons. The topological polar surface area (TPSA) is 142 Å². The molecule has 0 radical (unpaired) electrons. The number of thioether (sulfide) groups is 1. The Hall–Kier alpha value is -2.24. The second-order valence-corrected chi connectivity index (χ2v) is 9.26. The maximum absolute atomic E-state index is 13.1. The Morgan fingerprint density at radius 1 is 1.21 bits per heavy atom. The van der Waals surface area contributed by atoms with E-state index in [0.717, 1.165) is 11.3 Å². The van der Waals surface area contributed by atoms with Crippen LogP contribution in [0.5, 0.6) is 0 Å². The molecular weight excluding hydrogens is 464 g/mol. The van der Waals surface area contributed by atoms with E-state index >= 15 is 0 Å². The first-order chi connectivity index (χ1) is 15.8. The molecule has 0 aliphatic carbocycles. The second kappa shape index (κ2) is 13.5. The van der Waals surface area contributed by atoms with Crippen LogP contribution in [0.4, 0.5) is 0 Å². The number of rotatable bonds is 12. The van der Waals surface area contributed by atoms with Gasteiger partial charge in [0.2, 0.25) is 17.7 Å². The van der Waals surface area contributed by atoms with Crippen molar-refractivity contribution in [1.29, 1.82) is 0 Å². The molecule has 4 atom stereocenters. The van der Waals surface area contributed by atoms with Gasteiger partial charge in [0.15, 0.2) is 0 Å². The van der Waals surface area contributed by atoms with E-state index in [1.165, 1.54) is 4.90 Å². The normalized spacial score (nSPS) is 18.3. The van der Waals surface area contributed by atoms with Gasteiger partial charge in [-0.1, -0.05) is 30.3 Å². The summed E-state index contributed by atoms with van der Waals surface area (Å²) in [5.41, 5.74) is 6.83. The van der Waals surface area contributed by atoms with E-state index in [2.05, 4.69) is 23.3 Å². The van der Waals surface area contributed by atoms with Crippen LogP contribution >= 0.6 is 24.4 Å². The molecule has 1 aliphatic rings. The Balaban J connectivity index is 2.14. The molecule has 1 heterocycles. The molecule has 0 spiro atoms. The van der Waals surface area contributed by atoms with Crippen LogP contribution in [0.1, 0.15) is 24.8 Å². The molecule has 0 bridgehead atoms. The predicted octanol–water partition coefficient (Wildman–Crippen LogP) is 0.285. The number of amides is 3. The highest BCUT2D eigenvalue weighted by Crippen LogP contribution is 2.20. The zero-order valence-corrected chi connectivity index (χ0v) is 20.3. The van der Waals surface area contributed by atoms with Crippen molar-refractivity contribution >= 4 is 48.1 Å². The Morgan fingerprint density at radius 3 is 2.52 bits per heavy atom. The number of carbonyl (C=O) groups is 4. The highest BCUT2D eigenvalue weighted by molar-refractivity contribution is 7.98. The van der Waals surface area contributed by atoms with Crippen LogP contribution in [0.3, 0.4) is 0 Å². The lowest BCUT2D eigenvalue weighted by Crippen LogP contribution is -2.57. The maximum Gasteiger partial charge on any atom is 0.327 e. The Kier molecular flexibility index (Phi) is 11.0. The Morgan fingerprint density at radius 2 is 1.91 bits per heavy atom. The number of nitrogens with zero attached hydrogens (tertiary/aromatic N) is 1. The van der Waals surface area contributed by atoms with Gasteiger partial charge < -0.3 is 26.4 Å². The third kappa shape index (κ3) is 7.94. The van der Waals surface area contributed by atoms with Gasteiger partial charge in [-0.3, -0.25) is 14.4 Å². The third-order valence-corrected chi connectivity index (χ3v) is 6.51. The minimum absolute atomic E-state index is 0.0914. The average molecular weight is 497 g/mol. The van der Waals surface area contributed by atoms with Gasteiger partial charge in [0.05, 0.1) is 6.04 Å². The first kappa shape index (κ1) is 27.0. The largest absolute Gasteiger partial charge is 0.480 e. The summed E-state index contributed by atoms with van der Waals surface area (Å²) in [5, 5.41) is 14.4. The fraction of sp³-hybridized carbons (Fsp3) is 0.545. The van der Waals surface area contributed by atoms with E-state index in [1.807, 2.05) is 36.6 Å². The van der Waals surface area contributed by atoms with Crippen molar-refractivity contribution < 1.29 is 24.3 Å². The summed E-state index contributed by atoms with van der Waals surface area (Å²) in [7, 11) is 0. The average Bonchev–Trinajstić information content (AvgIpc) is 3.30. The first-order valence-corrected chi connectivity index (χ1v) is 12.8. The minimum Gasteiger partial charge on any atom is -0.480 e. The van der Waals surface area contributed by atoms with Crippen LogP contribution < -0.4 is 16.4 Å². The van der Waals surface area contributed by atoms with Gasteiger partial charge in [-0.2, -0.15) is 24.4 Å². The summed E-state index contributed by atoms with van der Waals surface area (Å²) in [4.78, 5) is 51.6. The number of aliphatic carboxylic acids is 1. The smallest absolute Gasteiger partial charge is 0.327 e. The Bertz CT molecular complexity index is 826. The summed E-state index contributed by atoms with van der Waals surface area (Å²) in [6, 6.07) is 5.50. The van der Waals surface area contributed by atoms with Crippen molar-refractivity contribution in [2.45, 2.75) is 49.9 Å². The summed E-state index contributed by atoms with van der Waals surface area (Å²) in [6.45, 7) is 0.431. The van der Waals surface area contributed by atoms with Crippen LogP contribution in [0.2, 0.25) is 0 Å². The summed E-state index contributed by atoms with van der Waals surface area (Å²) >= 11 is 5.57. The number of carbonyl (C=O) groups excluding carboxylic acids is 3. The molecule has 33 heavy (non-hydrogen) atoms. The monoisotopic (exact) mass is 496 g/mol. The fourth-order valence-corrected chi connectivity index (χ4v) is 4.41.